The van der Waals surface area contributed by atoms with Crippen molar-refractivity contribution in [3.8, 4) is 11.1 Å². The molecular formula is C21H23N3O3. The van der Waals surface area contributed by atoms with Crippen LogP contribution in [0, 0.1) is 0 Å². The Morgan fingerprint density at radius 2 is 2.00 bits per heavy atom. The molecule has 1 N–H and O–H groups in total. The van der Waals surface area contributed by atoms with Crippen molar-refractivity contribution in [1.82, 2.24) is 14.8 Å². The fourth-order valence-corrected chi connectivity index (χ4v) is 4.34. The van der Waals surface area contributed by atoms with E-state index in [2.05, 4.69) is 17.1 Å². The molecule has 0 spiro atoms. The lowest BCUT2D eigenvalue weighted by atomic mass is 9.73. The van der Waals surface area contributed by atoms with Crippen LogP contribution in [0.15, 0.2) is 48.8 Å². The fourth-order valence-electron chi connectivity index (χ4n) is 4.34. The van der Waals surface area contributed by atoms with Crippen molar-refractivity contribution >= 4 is 11.8 Å². The molecule has 0 bridgehead atoms. The number of aliphatic hydroxyl groups excluding tert-OH is 1. The van der Waals surface area contributed by atoms with Gasteiger partial charge in [0.2, 0.25) is 11.8 Å². The molecule has 3 atom stereocenters. The number of rotatable bonds is 4. The van der Waals surface area contributed by atoms with Crippen LogP contribution in [0.4, 0.5) is 0 Å². The topological polar surface area (TPSA) is 73.7 Å². The number of carbonyl (C=O) groups is 2. The number of benzene rings is 1. The molecule has 4 rings (SSSR count). The summed E-state index contributed by atoms with van der Waals surface area (Å²) in [6.45, 7) is 2.39. The Labute approximate surface area is 158 Å². The summed E-state index contributed by atoms with van der Waals surface area (Å²) in [4.78, 5) is 32.1. The average Bonchev–Trinajstić information content (AvgIpc) is 2.70. The summed E-state index contributed by atoms with van der Waals surface area (Å²) in [5.74, 6) is -0.0363. The van der Waals surface area contributed by atoms with Gasteiger partial charge in [-0.3, -0.25) is 14.6 Å². The molecule has 0 saturated carbocycles. The van der Waals surface area contributed by atoms with Crippen LogP contribution in [-0.2, 0) is 9.59 Å². The lowest BCUT2D eigenvalue weighted by molar-refractivity contribution is -0.166. The molecule has 0 unspecified atom stereocenters. The van der Waals surface area contributed by atoms with Crippen molar-refractivity contribution in [2.24, 2.45) is 0 Å². The molecule has 2 saturated heterocycles. The zero-order valence-corrected chi connectivity index (χ0v) is 15.3. The predicted molar refractivity (Wildman–Crippen MR) is 101 cm³/mol. The summed E-state index contributed by atoms with van der Waals surface area (Å²) in [6.07, 6.45) is 3.97. The monoisotopic (exact) mass is 365 g/mol. The van der Waals surface area contributed by atoms with E-state index in [0.29, 0.717) is 13.0 Å². The van der Waals surface area contributed by atoms with Crippen LogP contribution in [0.2, 0.25) is 0 Å². The van der Waals surface area contributed by atoms with Crippen molar-refractivity contribution in [2.45, 2.75) is 31.3 Å². The van der Waals surface area contributed by atoms with Gasteiger partial charge in [-0.1, -0.05) is 37.3 Å². The molecular weight excluding hydrogens is 342 g/mol. The van der Waals surface area contributed by atoms with Crippen molar-refractivity contribution in [3.63, 3.8) is 0 Å². The molecule has 1 aromatic carbocycles. The van der Waals surface area contributed by atoms with E-state index >= 15 is 0 Å². The molecule has 2 amide bonds. The average molecular weight is 365 g/mol. The van der Waals surface area contributed by atoms with Gasteiger partial charge in [0.1, 0.15) is 0 Å². The summed E-state index contributed by atoms with van der Waals surface area (Å²) in [5, 5.41) is 9.85. The van der Waals surface area contributed by atoms with Crippen molar-refractivity contribution in [3.05, 3.63) is 54.4 Å². The van der Waals surface area contributed by atoms with E-state index in [-0.39, 0.29) is 43.0 Å². The molecule has 2 fully saturated rings. The number of hydrogen-bond acceptors (Lipinski definition) is 4. The maximum Gasteiger partial charge on any atom is 0.242 e. The van der Waals surface area contributed by atoms with Crippen LogP contribution in [0.3, 0.4) is 0 Å². The number of aliphatic hydroxyl groups is 1. The van der Waals surface area contributed by atoms with E-state index in [1.54, 1.807) is 16.0 Å². The van der Waals surface area contributed by atoms with E-state index in [4.69, 9.17) is 0 Å². The molecule has 140 valence electrons. The van der Waals surface area contributed by atoms with Gasteiger partial charge < -0.3 is 14.9 Å². The first kappa shape index (κ1) is 17.7. The summed E-state index contributed by atoms with van der Waals surface area (Å²) >= 11 is 0. The fraction of sp³-hybridized carbons (Fsp3) is 0.381. The Balaban J connectivity index is 1.58. The molecule has 0 aliphatic carbocycles. The maximum atomic E-state index is 12.5. The minimum Gasteiger partial charge on any atom is -0.394 e. The van der Waals surface area contributed by atoms with Gasteiger partial charge in [0.25, 0.3) is 0 Å². The second-order valence-corrected chi connectivity index (χ2v) is 7.14. The summed E-state index contributed by atoms with van der Waals surface area (Å²) < 4.78 is 0. The largest absolute Gasteiger partial charge is 0.394 e. The van der Waals surface area contributed by atoms with Gasteiger partial charge in [0, 0.05) is 31.3 Å². The number of piperazine rings is 1. The van der Waals surface area contributed by atoms with E-state index < -0.39 is 0 Å². The summed E-state index contributed by atoms with van der Waals surface area (Å²) in [7, 11) is 0. The number of carbonyl (C=O) groups excluding carboxylic acids is 2. The maximum absolute atomic E-state index is 12.5. The van der Waals surface area contributed by atoms with Crippen molar-refractivity contribution < 1.29 is 14.7 Å². The first-order chi connectivity index (χ1) is 13.1. The normalized spacial score (nSPS) is 24.4. The van der Waals surface area contributed by atoms with E-state index in [1.165, 1.54) is 0 Å². The molecule has 3 heterocycles. The number of aromatic nitrogens is 1. The molecule has 2 aliphatic heterocycles. The molecule has 1 aromatic heterocycles. The third-order valence-corrected chi connectivity index (χ3v) is 5.70. The van der Waals surface area contributed by atoms with Crippen LogP contribution in [0.25, 0.3) is 11.1 Å². The van der Waals surface area contributed by atoms with Crippen LogP contribution in [0.1, 0.15) is 24.8 Å². The number of pyridine rings is 1. The standard InChI is InChI=1S/C21H23N3O3/c1-2-19(26)23-11-17-21(18(13-25)24(17)20(27)12-23)15-7-5-14(6-8-15)16-4-3-9-22-10-16/h3-10,17-18,21,25H,2,11-13H2,1H3/t17-,18-,21-/m1/s1. The molecule has 0 radical (unpaired) electrons. The number of fused-ring (bicyclic) bond motifs is 1. The van der Waals surface area contributed by atoms with Crippen LogP contribution in [0.5, 0.6) is 0 Å². The highest BCUT2D eigenvalue weighted by molar-refractivity contribution is 5.87. The Hall–Kier alpha value is -2.73. The van der Waals surface area contributed by atoms with Crippen LogP contribution < -0.4 is 0 Å². The smallest absolute Gasteiger partial charge is 0.242 e. The summed E-state index contributed by atoms with van der Waals surface area (Å²) in [5.41, 5.74) is 3.21. The van der Waals surface area contributed by atoms with Crippen LogP contribution >= 0.6 is 0 Å². The minimum absolute atomic E-state index is 0.00104. The zero-order valence-electron chi connectivity index (χ0n) is 15.3. The second-order valence-electron chi connectivity index (χ2n) is 7.14. The van der Waals surface area contributed by atoms with Gasteiger partial charge in [-0.05, 0) is 22.8 Å². The van der Waals surface area contributed by atoms with Gasteiger partial charge >= 0.3 is 0 Å². The van der Waals surface area contributed by atoms with Gasteiger partial charge in [-0.25, -0.2) is 0 Å². The van der Waals surface area contributed by atoms with E-state index in [1.807, 2.05) is 37.4 Å². The lowest BCUT2D eigenvalue weighted by Gasteiger charge is -2.58. The first-order valence-corrected chi connectivity index (χ1v) is 9.34. The third-order valence-electron chi connectivity index (χ3n) is 5.70. The lowest BCUT2D eigenvalue weighted by Crippen LogP contribution is -2.73. The van der Waals surface area contributed by atoms with E-state index in [0.717, 1.165) is 16.7 Å². The first-order valence-electron chi connectivity index (χ1n) is 9.34. The number of nitrogens with zero attached hydrogens (tertiary/aromatic N) is 3. The van der Waals surface area contributed by atoms with Crippen molar-refractivity contribution in [1.29, 1.82) is 0 Å². The highest BCUT2D eigenvalue weighted by Crippen LogP contribution is 2.43. The number of hydrogen-bond donors (Lipinski definition) is 1. The van der Waals surface area contributed by atoms with Crippen LogP contribution in [-0.4, -0.2) is 63.5 Å². The Morgan fingerprint density at radius 1 is 1.22 bits per heavy atom. The Kier molecular flexibility index (Phi) is 4.66. The minimum atomic E-state index is -0.217. The Morgan fingerprint density at radius 3 is 2.63 bits per heavy atom. The summed E-state index contributed by atoms with van der Waals surface area (Å²) in [6, 6.07) is 11.8. The second kappa shape index (κ2) is 7.12. The molecule has 6 nitrogen and oxygen atoms in total. The van der Waals surface area contributed by atoms with E-state index in [9.17, 15) is 14.7 Å². The van der Waals surface area contributed by atoms with Gasteiger partial charge in [-0.2, -0.15) is 0 Å². The van der Waals surface area contributed by atoms with Crippen molar-refractivity contribution in [2.75, 3.05) is 19.7 Å². The SMILES string of the molecule is CCC(=O)N1CC(=O)N2[C@H](CO)[C@H](c3ccc(-c4cccnc4)cc3)[C@H]2C1. The molecule has 6 heteroatoms. The molecule has 2 aromatic rings. The predicted octanol–water partition coefficient (Wildman–Crippen LogP) is 1.66. The van der Waals surface area contributed by atoms with Gasteiger partial charge in [0.05, 0.1) is 25.2 Å². The quantitative estimate of drug-likeness (QED) is 0.894. The zero-order chi connectivity index (χ0) is 19.0. The highest BCUT2D eigenvalue weighted by Gasteiger charge is 2.54. The highest BCUT2D eigenvalue weighted by atomic mass is 16.3. The third kappa shape index (κ3) is 3.00. The van der Waals surface area contributed by atoms with Gasteiger partial charge in [-0.15, -0.1) is 0 Å². The number of amides is 2. The van der Waals surface area contributed by atoms with Gasteiger partial charge in [0.15, 0.2) is 0 Å². The molecule has 2 aliphatic rings. The Bertz CT molecular complexity index is 838. The molecule has 27 heavy (non-hydrogen) atoms.